The Morgan fingerprint density at radius 2 is 1.26 bits per heavy atom. The van der Waals surface area contributed by atoms with Crippen molar-refractivity contribution in [3.05, 3.63) is 46.8 Å². The molecule has 31 heavy (non-hydrogen) atoms. The van der Waals surface area contributed by atoms with Crippen molar-refractivity contribution in [1.29, 1.82) is 0 Å². The van der Waals surface area contributed by atoms with Gasteiger partial charge in [-0.25, -0.2) is 24.7 Å². The number of aryl methyl sites for hydroxylation is 1. The van der Waals surface area contributed by atoms with Crippen LogP contribution in [0.3, 0.4) is 0 Å². The van der Waals surface area contributed by atoms with Crippen LogP contribution in [0.4, 0.5) is 11.6 Å². The van der Waals surface area contributed by atoms with Crippen LogP contribution in [0.15, 0.2) is 34.5 Å². The Morgan fingerprint density at radius 1 is 0.839 bits per heavy atom. The molecule has 0 aliphatic carbocycles. The fourth-order valence-electron chi connectivity index (χ4n) is 3.22. The molecular weight excluding hydrogens is 396 g/mol. The van der Waals surface area contributed by atoms with E-state index in [0.29, 0.717) is 5.82 Å². The lowest BCUT2D eigenvalue weighted by atomic mass is 9.82. The Hall–Kier alpha value is -3.51. The third-order valence-electron chi connectivity index (χ3n) is 5.82. The van der Waals surface area contributed by atoms with Gasteiger partial charge in [0.2, 0.25) is 0 Å². The van der Waals surface area contributed by atoms with E-state index in [-0.39, 0.29) is 22.5 Å². The number of carboxylic acids is 1. The summed E-state index contributed by atoms with van der Waals surface area (Å²) in [6.07, 6.45) is 3.47. The molecule has 2 aromatic rings. The van der Waals surface area contributed by atoms with E-state index >= 15 is 0 Å². The van der Waals surface area contributed by atoms with Crippen LogP contribution in [-0.2, 0) is 20.4 Å². The minimum atomic E-state index is -0.953. The smallest absolute Gasteiger partial charge is 0.373 e. The van der Waals surface area contributed by atoms with Crippen LogP contribution in [0, 0.1) is 6.92 Å². The SMILES string of the molecule is CC1=Nc2ncc(C(=O)O)cc2C1(C)C.CC1=Nc2ncc(C)cc2C1(C)C.O=C=O. The zero-order valence-corrected chi connectivity index (χ0v) is 18.8. The Balaban J connectivity index is 0.000000197. The Kier molecular flexibility index (Phi) is 6.67. The van der Waals surface area contributed by atoms with Gasteiger partial charge < -0.3 is 5.11 Å². The fourth-order valence-corrected chi connectivity index (χ4v) is 3.22. The van der Waals surface area contributed by atoms with Crippen LogP contribution in [0.5, 0.6) is 0 Å². The Morgan fingerprint density at radius 3 is 1.71 bits per heavy atom. The van der Waals surface area contributed by atoms with Gasteiger partial charge in [-0.15, -0.1) is 0 Å². The van der Waals surface area contributed by atoms with Crippen LogP contribution in [0.1, 0.15) is 68.6 Å². The van der Waals surface area contributed by atoms with E-state index in [1.807, 2.05) is 27.0 Å². The highest BCUT2D eigenvalue weighted by Crippen LogP contribution is 2.39. The number of aromatic carboxylic acids is 1. The lowest BCUT2D eigenvalue weighted by Crippen LogP contribution is -2.23. The molecule has 0 spiro atoms. The lowest BCUT2D eigenvalue weighted by molar-refractivity contribution is -0.191. The molecule has 8 nitrogen and oxygen atoms in total. The molecule has 0 amide bonds. The number of aromatic nitrogens is 2. The normalized spacial score (nSPS) is 16.2. The zero-order chi connectivity index (χ0) is 23.6. The zero-order valence-electron chi connectivity index (χ0n) is 18.8. The second-order valence-electron chi connectivity index (χ2n) is 8.51. The first-order valence-corrected chi connectivity index (χ1v) is 9.68. The van der Waals surface area contributed by atoms with Crippen molar-refractivity contribution < 1.29 is 19.5 Å². The summed E-state index contributed by atoms with van der Waals surface area (Å²) in [4.78, 5) is 44.2. The lowest BCUT2D eigenvalue weighted by Gasteiger charge is -2.19. The van der Waals surface area contributed by atoms with Crippen molar-refractivity contribution >= 4 is 35.2 Å². The van der Waals surface area contributed by atoms with Crippen LogP contribution in [-0.4, -0.2) is 38.6 Å². The van der Waals surface area contributed by atoms with Gasteiger partial charge in [0.1, 0.15) is 0 Å². The van der Waals surface area contributed by atoms with Crippen molar-refractivity contribution in [3.8, 4) is 0 Å². The molecular formula is C23H26N4O4. The molecule has 0 saturated carbocycles. The third kappa shape index (κ3) is 4.64. The Labute approximate surface area is 181 Å². The summed E-state index contributed by atoms with van der Waals surface area (Å²) >= 11 is 0. The van der Waals surface area contributed by atoms with Gasteiger partial charge in [-0.2, -0.15) is 9.59 Å². The maximum Gasteiger partial charge on any atom is 0.373 e. The molecule has 4 heterocycles. The quantitative estimate of drug-likeness (QED) is 0.729. The molecule has 0 radical (unpaired) electrons. The van der Waals surface area contributed by atoms with Crippen molar-refractivity contribution in [2.75, 3.05) is 0 Å². The minimum absolute atomic E-state index is 0.0638. The van der Waals surface area contributed by atoms with Gasteiger partial charge >= 0.3 is 12.1 Å². The summed E-state index contributed by atoms with van der Waals surface area (Å²) in [6, 6.07) is 3.84. The first-order chi connectivity index (χ1) is 14.4. The number of rotatable bonds is 1. The first-order valence-electron chi connectivity index (χ1n) is 9.68. The van der Waals surface area contributed by atoms with Gasteiger partial charge in [0.05, 0.1) is 5.56 Å². The van der Waals surface area contributed by atoms with E-state index in [1.54, 1.807) is 6.07 Å². The average molecular weight is 422 g/mol. The van der Waals surface area contributed by atoms with E-state index in [2.05, 4.69) is 53.7 Å². The van der Waals surface area contributed by atoms with Gasteiger partial charge in [0, 0.05) is 45.8 Å². The summed E-state index contributed by atoms with van der Waals surface area (Å²) in [7, 11) is 0. The second kappa shape index (κ2) is 8.70. The number of hydrogen-bond acceptors (Lipinski definition) is 7. The van der Waals surface area contributed by atoms with Crippen molar-refractivity contribution in [3.63, 3.8) is 0 Å². The number of aliphatic imine (C=N–C) groups is 2. The summed E-state index contributed by atoms with van der Waals surface area (Å²) in [5.74, 6) is 0.584. The molecule has 2 aromatic heterocycles. The summed E-state index contributed by atoms with van der Waals surface area (Å²) in [6.45, 7) is 14.5. The number of hydrogen-bond donors (Lipinski definition) is 1. The van der Waals surface area contributed by atoms with E-state index in [1.165, 1.54) is 17.3 Å². The van der Waals surface area contributed by atoms with Gasteiger partial charge in [-0.3, -0.25) is 0 Å². The summed E-state index contributed by atoms with van der Waals surface area (Å²) < 4.78 is 0. The topological polar surface area (TPSA) is 122 Å². The van der Waals surface area contributed by atoms with Gasteiger partial charge in [-0.05, 0) is 38.5 Å². The predicted octanol–water partition coefficient (Wildman–Crippen LogP) is 4.35. The molecule has 162 valence electrons. The van der Waals surface area contributed by atoms with Gasteiger partial charge in [-0.1, -0.05) is 27.7 Å². The number of pyridine rings is 2. The minimum Gasteiger partial charge on any atom is -0.478 e. The number of fused-ring (bicyclic) bond motifs is 2. The van der Waals surface area contributed by atoms with Gasteiger partial charge in [0.25, 0.3) is 0 Å². The van der Waals surface area contributed by atoms with Crippen LogP contribution < -0.4 is 0 Å². The highest BCUT2D eigenvalue weighted by Gasteiger charge is 2.34. The average Bonchev–Trinajstić information content (AvgIpc) is 3.05. The van der Waals surface area contributed by atoms with Gasteiger partial charge in [0.15, 0.2) is 11.6 Å². The van der Waals surface area contributed by atoms with E-state index in [0.717, 1.165) is 22.8 Å². The number of carboxylic acid groups (broad SMARTS) is 1. The van der Waals surface area contributed by atoms with Crippen LogP contribution >= 0.6 is 0 Å². The standard InChI is InChI=1S/C11H12N2O2.C11H14N2.CO2/c1-6-11(2,3)8-4-7(10(14)15)5-12-9(8)13-6;1-7-5-9-10(12-6-7)13-8(2)11(9,3)4;2-1-3/h4-5H,1-3H3,(H,14,15);5-6H,1-4H3;. The molecule has 0 unspecified atom stereocenters. The molecule has 0 atom stereocenters. The summed E-state index contributed by atoms with van der Waals surface area (Å²) in [5, 5.41) is 8.87. The van der Waals surface area contributed by atoms with E-state index in [4.69, 9.17) is 14.7 Å². The van der Waals surface area contributed by atoms with Crippen molar-refractivity contribution in [2.24, 2.45) is 9.98 Å². The largest absolute Gasteiger partial charge is 0.478 e. The molecule has 4 rings (SSSR count). The van der Waals surface area contributed by atoms with Crippen molar-refractivity contribution in [1.82, 2.24) is 9.97 Å². The highest BCUT2D eigenvalue weighted by molar-refractivity contribution is 6.00. The molecule has 0 saturated heterocycles. The van der Waals surface area contributed by atoms with Crippen molar-refractivity contribution in [2.45, 2.75) is 59.3 Å². The van der Waals surface area contributed by atoms with E-state index < -0.39 is 5.97 Å². The molecule has 0 bridgehead atoms. The number of nitrogens with zero attached hydrogens (tertiary/aromatic N) is 4. The number of carbonyl (C=O) groups excluding carboxylic acids is 2. The maximum atomic E-state index is 10.8. The third-order valence-corrected chi connectivity index (χ3v) is 5.82. The maximum absolute atomic E-state index is 10.8. The monoisotopic (exact) mass is 422 g/mol. The molecule has 0 fully saturated rings. The van der Waals surface area contributed by atoms with E-state index in [9.17, 15) is 4.79 Å². The summed E-state index contributed by atoms with van der Waals surface area (Å²) in [5.41, 5.74) is 5.53. The molecule has 1 N–H and O–H groups in total. The van der Waals surface area contributed by atoms with Crippen LogP contribution in [0.2, 0.25) is 0 Å². The fraction of sp³-hybridized carbons (Fsp3) is 0.391. The Bertz CT molecular complexity index is 1120. The molecule has 0 aromatic carbocycles. The highest BCUT2D eigenvalue weighted by atomic mass is 16.4. The molecule has 2 aliphatic heterocycles. The predicted molar refractivity (Wildman–Crippen MR) is 117 cm³/mol. The van der Waals surface area contributed by atoms with Crippen LogP contribution in [0.25, 0.3) is 0 Å². The molecule has 2 aliphatic rings. The number of carbonyl (C=O) groups is 1. The molecule has 8 heteroatoms. The first kappa shape index (κ1) is 23.8. The second-order valence-corrected chi connectivity index (χ2v) is 8.51.